The first-order valence-corrected chi connectivity index (χ1v) is 5.18. The van der Waals surface area contributed by atoms with Gasteiger partial charge in [-0.2, -0.15) is 0 Å². The Morgan fingerprint density at radius 2 is 2.27 bits per heavy atom. The van der Waals surface area contributed by atoms with Gasteiger partial charge >= 0.3 is 0 Å². The summed E-state index contributed by atoms with van der Waals surface area (Å²) in [5, 5.41) is 2.96. The molecule has 0 atom stereocenters. The van der Waals surface area contributed by atoms with Crippen molar-refractivity contribution in [2.24, 2.45) is 0 Å². The predicted molar refractivity (Wildman–Crippen MR) is 58.4 cm³/mol. The third kappa shape index (κ3) is 4.74. The molecule has 0 unspecified atom stereocenters. The number of nitrogens with one attached hydrogen (secondary N) is 1. The number of nitrogens with zero attached hydrogens (tertiary/aromatic N) is 1. The highest BCUT2D eigenvalue weighted by molar-refractivity contribution is 5.35. The lowest BCUT2D eigenvalue weighted by atomic mass is 10.2. The van der Waals surface area contributed by atoms with Crippen molar-refractivity contribution in [3.05, 3.63) is 24.1 Å². The van der Waals surface area contributed by atoms with E-state index in [1.807, 2.05) is 0 Å². The van der Waals surface area contributed by atoms with Crippen molar-refractivity contribution in [2.75, 3.05) is 25.6 Å². The number of ether oxygens (including phenoxy) is 1. The van der Waals surface area contributed by atoms with Crippen LogP contribution in [-0.4, -0.2) is 25.2 Å². The molecular weight excluding hydrogens is 195 g/mol. The summed E-state index contributed by atoms with van der Waals surface area (Å²) >= 11 is 0. The van der Waals surface area contributed by atoms with Gasteiger partial charge in [0.2, 0.25) is 0 Å². The fourth-order valence-electron chi connectivity index (χ4n) is 1.27. The minimum atomic E-state index is -0.297. The van der Waals surface area contributed by atoms with Crippen LogP contribution in [0.2, 0.25) is 0 Å². The maximum Gasteiger partial charge on any atom is 0.165 e. The Bertz CT molecular complexity index is 281. The number of halogens is 1. The van der Waals surface area contributed by atoms with Crippen molar-refractivity contribution in [1.29, 1.82) is 0 Å². The molecule has 4 heteroatoms. The molecule has 1 N–H and O–H groups in total. The van der Waals surface area contributed by atoms with Crippen LogP contribution in [0.5, 0.6) is 0 Å². The van der Waals surface area contributed by atoms with Crippen LogP contribution in [0, 0.1) is 5.82 Å². The Morgan fingerprint density at radius 3 is 3.00 bits per heavy atom. The fraction of sp³-hybridized carbons (Fsp3) is 0.545. The van der Waals surface area contributed by atoms with Gasteiger partial charge in [0.05, 0.1) is 0 Å². The van der Waals surface area contributed by atoms with Crippen molar-refractivity contribution in [2.45, 2.75) is 19.3 Å². The third-order valence-electron chi connectivity index (χ3n) is 2.08. The van der Waals surface area contributed by atoms with Gasteiger partial charge in [-0.25, -0.2) is 9.37 Å². The molecule has 0 fully saturated rings. The molecule has 0 radical (unpaired) electrons. The SMILES string of the molecule is COCCCCCNc1ncccc1F. The largest absolute Gasteiger partial charge is 0.385 e. The average Bonchev–Trinajstić information content (AvgIpc) is 2.25. The van der Waals surface area contributed by atoms with Gasteiger partial charge in [-0.1, -0.05) is 0 Å². The second-order valence-corrected chi connectivity index (χ2v) is 3.31. The van der Waals surface area contributed by atoms with Gasteiger partial charge in [-0.3, -0.25) is 0 Å². The number of aromatic nitrogens is 1. The second kappa shape index (κ2) is 7.17. The van der Waals surface area contributed by atoms with Crippen LogP contribution in [0.25, 0.3) is 0 Å². The topological polar surface area (TPSA) is 34.1 Å². The Balaban J connectivity index is 2.12. The molecule has 0 spiro atoms. The smallest absolute Gasteiger partial charge is 0.165 e. The molecule has 1 aromatic heterocycles. The van der Waals surface area contributed by atoms with E-state index in [2.05, 4.69) is 10.3 Å². The molecule has 0 saturated heterocycles. The highest BCUT2D eigenvalue weighted by atomic mass is 19.1. The normalized spacial score (nSPS) is 10.3. The molecule has 0 aromatic carbocycles. The molecule has 0 aliphatic rings. The standard InChI is InChI=1S/C11H17FN2O/c1-15-9-4-2-3-7-13-11-10(12)6-5-8-14-11/h5-6,8H,2-4,7,9H2,1H3,(H,13,14). The fourth-order valence-corrected chi connectivity index (χ4v) is 1.27. The highest BCUT2D eigenvalue weighted by Gasteiger charge is 1.99. The molecule has 84 valence electrons. The molecule has 1 heterocycles. The minimum absolute atomic E-state index is 0.297. The maximum atomic E-state index is 13.1. The number of pyridine rings is 1. The van der Waals surface area contributed by atoms with Crippen LogP contribution in [0.4, 0.5) is 10.2 Å². The lowest BCUT2D eigenvalue weighted by Gasteiger charge is -2.05. The summed E-state index contributed by atoms with van der Waals surface area (Å²) in [7, 11) is 1.70. The number of anilines is 1. The number of unbranched alkanes of at least 4 members (excludes halogenated alkanes) is 2. The molecular formula is C11H17FN2O. The summed E-state index contributed by atoms with van der Waals surface area (Å²) < 4.78 is 18.0. The van der Waals surface area contributed by atoms with Crippen LogP contribution in [0.3, 0.4) is 0 Å². The Hall–Kier alpha value is -1.16. The lowest BCUT2D eigenvalue weighted by Crippen LogP contribution is -2.05. The molecule has 0 aliphatic carbocycles. The zero-order valence-electron chi connectivity index (χ0n) is 9.00. The number of hydrogen-bond donors (Lipinski definition) is 1. The Morgan fingerprint density at radius 1 is 1.40 bits per heavy atom. The highest BCUT2D eigenvalue weighted by Crippen LogP contribution is 2.08. The van der Waals surface area contributed by atoms with Crippen LogP contribution in [0.15, 0.2) is 18.3 Å². The maximum absolute atomic E-state index is 13.1. The molecule has 0 bridgehead atoms. The monoisotopic (exact) mass is 212 g/mol. The first kappa shape index (κ1) is 11.9. The molecule has 0 aliphatic heterocycles. The number of rotatable bonds is 7. The molecule has 3 nitrogen and oxygen atoms in total. The molecule has 1 rings (SSSR count). The van der Waals surface area contributed by atoms with E-state index in [4.69, 9.17) is 4.74 Å². The summed E-state index contributed by atoms with van der Waals surface area (Å²) in [6.45, 7) is 1.54. The van der Waals surface area contributed by atoms with E-state index in [1.54, 1.807) is 19.4 Å². The van der Waals surface area contributed by atoms with E-state index < -0.39 is 0 Å². The molecule has 0 amide bonds. The zero-order valence-corrected chi connectivity index (χ0v) is 9.00. The van der Waals surface area contributed by atoms with Gasteiger partial charge in [0.15, 0.2) is 11.6 Å². The van der Waals surface area contributed by atoms with Gasteiger partial charge in [0.25, 0.3) is 0 Å². The first-order valence-electron chi connectivity index (χ1n) is 5.18. The van der Waals surface area contributed by atoms with Crippen molar-refractivity contribution < 1.29 is 9.13 Å². The van der Waals surface area contributed by atoms with Crippen molar-refractivity contribution in [1.82, 2.24) is 4.98 Å². The van der Waals surface area contributed by atoms with E-state index in [-0.39, 0.29) is 5.82 Å². The van der Waals surface area contributed by atoms with Gasteiger partial charge < -0.3 is 10.1 Å². The van der Waals surface area contributed by atoms with Gasteiger partial charge in [0.1, 0.15) is 0 Å². The van der Waals surface area contributed by atoms with Gasteiger partial charge in [-0.15, -0.1) is 0 Å². The van der Waals surface area contributed by atoms with Crippen LogP contribution >= 0.6 is 0 Å². The van der Waals surface area contributed by atoms with Crippen molar-refractivity contribution in [3.63, 3.8) is 0 Å². The van der Waals surface area contributed by atoms with Crippen molar-refractivity contribution in [3.8, 4) is 0 Å². The minimum Gasteiger partial charge on any atom is -0.385 e. The first-order chi connectivity index (χ1) is 7.34. The second-order valence-electron chi connectivity index (χ2n) is 3.31. The number of methoxy groups -OCH3 is 1. The number of hydrogen-bond acceptors (Lipinski definition) is 3. The van der Waals surface area contributed by atoms with Crippen LogP contribution < -0.4 is 5.32 Å². The Labute approximate surface area is 89.7 Å². The Kier molecular flexibility index (Phi) is 5.70. The van der Waals surface area contributed by atoms with Crippen LogP contribution in [0.1, 0.15) is 19.3 Å². The predicted octanol–water partition coefficient (Wildman–Crippen LogP) is 2.45. The van der Waals surface area contributed by atoms with E-state index in [0.717, 1.165) is 32.4 Å². The van der Waals surface area contributed by atoms with E-state index in [9.17, 15) is 4.39 Å². The van der Waals surface area contributed by atoms with E-state index in [1.165, 1.54) is 6.07 Å². The summed E-state index contributed by atoms with van der Waals surface area (Å²) in [6.07, 6.45) is 4.70. The summed E-state index contributed by atoms with van der Waals surface area (Å²) in [4.78, 5) is 3.90. The zero-order chi connectivity index (χ0) is 10.9. The quantitative estimate of drug-likeness (QED) is 0.705. The van der Waals surface area contributed by atoms with E-state index >= 15 is 0 Å². The van der Waals surface area contributed by atoms with Crippen LogP contribution in [-0.2, 0) is 4.74 Å². The lowest BCUT2D eigenvalue weighted by molar-refractivity contribution is 0.192. The van der Waals surface area contributed by atoms with Gasteiger partial charge in [0, 0.05) is 26.5 Å². The molecule has 1 aromatic rings. The third-order valence-corrected chi connectivity index (χ3v) is 2.08. The molecule has 0 saturated carbocycles. The summed E-state index contributed by atoms with van der Waals surface area (Å²) in [5.41, 5.74) is 0. The summed E-state index contributed by atoms with van der Waals surface area (Å²) in [6, 6.07) is 2.99. The molecule has 15 heavy (non-hydrogen) atoms. The summed E-state index contributed by atoms with van der Waals surface area (Å²) in [5.74, 6) is 0.0404. The van der Waals surface area contributed by atoms with Crippen molar-refractivity contribution >= 4 is 5.82 Å². The van der Waals surface area contributed by atoms with Gasteiger partial charge in [-0.05, 0) is 31.4 Å². The van der Waals surface area contributed by atoms with E-state index in [0.29, 0.717) is 5.82 Å². The average molecular weight is 212 g/mol.